The molecule has 2 amide bonds. The number of allylic oxidation sites excluding steroid dienone is 1. The van der Waals surface area contributed by atoms with Gasteiger partial charge in [0, 0.05) is 12.2 Å². The molecule has 1 aromatic heterocycles. The van der Waals surface area contributed by atoms with Crippen LogP contribution in [0.25, 0.3) is 6.08 Å². The van der Waals surface area contributed by atoms with Gasteiger partial charge < -0.3 is 19.9 Å². The van der Waals surface area contributed by atoms with E-state index in [2.05, 4.69) is 29.4 Å². The summed E-state index contributed by atoms with van der Waals surface area (Å²) in [6.45, 7) is 6.59. The molecule has 4 rings (SSSR count). The Morgan fingerprint density at radius 3 is 2.68 bits per heavy atom. The summed E-state index contributed by atoms with van der Waals surface area (Å²) in [6.07, 6.45) is 16.7. The predicted molar refractivity (Wildman–Crippen MR) is 133 cm³/mol. The third-order valence-corrected chi connectivity index (χ3v) is 8.38. The Labute approximate surface area is 204 Å². The fourth-order valence-corrected chi connectivity index (χ4v) is 6.30. The SMILES string of the molecule is COC(=O)NC(C(=O)N1CCCC1c1nc(/C=C\CC2CCCC3(CCC3)C2)c(C)[nH]1)C(C)C. The van der Waals surface area contributed by atoms with Crippen LogP contribution in [0.2, 0.25) is 0 Å². The molecule has 3 aliphatic rings. The number of ether oxygens (including phenoxy) is 1. The van der Waals surface area contributed by atoms with Crippen molar-refractivity contribution >= 4 is 18.1 Å². The van der Waals surface area contributed by atoms with E-state index >= 15 is 0 Å². The van der Waals surface area contributed by atoms with Crippen molar-refractivity contribution in [2.75, 3.05) is 13.7 Å². The summed E-state index contributed by atoms with van der Waals surface area (Å²) in [5, 5.41) is 2.71. The van der Waals surface area contributed by atoms with Crippen LogP contribution >= 0.6 is 0 Å². The lowest BCUT2D eigenvalue weighted by Gasteiger charge is -2.47. The molecule has 188 valence electrons. The number of methoxy groups -OCH3 is 1. The minimum Gasteiger partial charge on any atom is -0.453 e. The number of hydrogen-bond acceptors (Lipinski definition) is 4. The van der Waals surface area contributed by atoms with E-state index in [4.69, 9.17) is 9.72 Å². The number of aryl methyl sites for hydroxylation is 1. The zero-order valence-corrected chi connectivity index (χ0v) is 21.4. The van der Waals surface area contributed by atoms with Gasteiger partial charge in [0.25, 0.3) is 0 Å². The second-order valence-electron chi connectivity index (χ2n) is 11.1. The number of nitrogens with one attached hydrogen (secondary N) is 2. The van der Waals surface area contributed by atoms with Gasteiger partial charge >= 0.3 is 6.09 Å². The lowest BCUT2D eigenvalue weighted by molar-refractivity contribution is -0.135. The molecule has 0 aromatic carbocycles. The second kappa shape index (κ2) is 10.5. The second-order valence-corrected chi connectivity index (χ2v) is 11.1. The van der Waals surface area contributed by atoms with E-state index in [1.165, 1.54) is 52.1 Å². The smallest absolute Gasteiger partial charge is 0.407 e. The number of aromatic amines is 1. The summed E-state index contributed by atoms with van der Waals surface area (Å²) in [4.78, 5) is 35.3. The predicted octanol–water partition coefficient (Wildman–Crippen LogP) is 5.53. The van der Waals surface area contributed by atoms with Crippen molar-refractivity contribution in [2.24, 2.45) is 17.3 Å². The van der Waals surface area contributed by atoms with E-state index in [1.54, 1.807) is 0 Å². The maximum atomic E-state index is 13.3. The van der Waals surface area contributed by atoms with Crippen LogP contribution in [-0.2, 0) is 9.53 Å². The Morgan fingerprint density at radius 2 is 2.00 bits per heavy atom. The van der Waals surface area contributed by atoms with E-state index in [9.17, 15) is 9.59 Å². The third kappa shape index (κ3) is 5.33. The number of H-pyrrole nitrogens is 1. The first-order chi connectivity index (χ1) is 16.3. The van der Waals surface area contributed by atoms with Gasteiger partial charge in [0.15, 0.2) is 0 Å². The van der Waals surface area contributed by atoms with Crippen molar-refractivity contribution in [1.29, 1.82) is 0 Å². The lowest BCUT2D eigenvalue weighted by Crippen LogP contribution is -2.51. The molecule has 7 heteroatoms. The van der Waals surface area contributed by atoms with E-state index < -0.39 is 12.1 Å². The van der Waals surface area contributed by atoms with Crippen molar-refractivity contribution in [2.45, 2.75) is 97.1 Å². The maximum absolute atomic E-state index is 13.3. The highest BCUT2D eigenvalue weighted by molar-refractivity contribution is 5.86. The first-order valence-corrected chi connectivity index (χ1v) is 13.2. The first kappa shape index (κ1) is 24.8. The molecular formula is C27H42N4O3. The third-order valence-electron chi connectivity index (χ3n) is 8.38. The maximum Gasteiger partial charge on any atom is 0.407 e. The van der Waals surface area contributed by atoms with Crippen molar-refractivity contribution in [3.63, 3.8) is 0 Å². The van der Waals surface area contributed by atoms with Gasteiger partial charge in [-0.15, -0.1) is 0 Å². The molecule has 3 atom stereocenters. The fraction of sp³-hybridized carbons (Fsp3) is 0.741. The Bertz CT molecular complexity index is 902. The number of imidazole rings is 1. The number of nitrogens with zero attached hydrogens (tertiary/aromatic N) is 2. The minimum absolute atomic E-state index is 0.0384. The van der Waals surface area contributed by atoms with Crippen LogP contribution < -0.4 is 5.32 Å². The Kier molecular flexibility index (Phi) is 7.68. The van der Waals surface area contributed by atoms with Crippen molar-refractivity contribution in [1.82, 2.24) is 20.2 Å². The van der Waals surface area contributed by atoms with E-state index in [0.717, 1.165) is 42.4 Å². The van der Waals surface area contributed by atoms with Crippen LogP contribution in [0.4, 0.5) is 4.79 Å². The van der Waals surface area contributed by atoms with Gasteiger partial charge in [-0.25, -0.2) is 9.78 Å². The van der Waals surface area contributed by atoms with Crippen molar-refractivity contribution in [3.05, 3.63) is 23.3 Å². The Morgan fingerprint density at radius 1 is 1.24 bits per heavy atom. The van der Waals surface area contributed by atoms with Gasteiger partial charge in [-0.3, -0.25) is 4.79 Å². The monoisotopic (exact) mass is 470 g/mol. The molecule has 2 aliphatic carbocycles. The van der Waals surface area contributed by atoms with Gasteiger partial charge in [0.2, 0.25) is 5.91 Å². The van der Waals surface area contributed by atoms with E-state index in [-0.39, 0.29) is 17.9 Å². The van der Waals surface area contributed by atoms with Gasteiger partial charge in [-0.2, -0.15) is 0 Å². The molecule has 0 radical (unpaired) electrons. The zero-order valence-electron chi connectivity index (χ0n) is 21.4. The summed E-state index contributed by atoms with van der Waals surface area (Å²) in [5.74, 6) is 1.54. The molecule has 7 nitrogen and oxygen atoms in total. The van der Waals surface area contributed by atoms with Crippen LogP contribution in [0.1, 0.15) is 101 Å². The summed E-state index contributed by atoms with van der Waals surface area (Å²) in [5.41, 5.74) is 2.69. The van der Waals surface area contributed by atoms with Gasteiger partial charge in [0.1, 0.15) is 11.9 Å². The Hall–Kier alpha value is -2.31. The largest absolute Gasteiger partial charge is 0.453 e. The van der Waals surface area contributed by atoms with Crippen LogP contribution in [0, 0.1) is 24.2 Å². The number of aromatic nitrogens is 2. The number of alkyl carbamates (subject to hydrolysis) is 1. The van der Waals surface area contributed by atoms with Crippen LogP contribution in [0.3, 0.4) is 0 Å². The number of carbonyl (C=O) groups excluding carboxylic acids is 2. The molecule has 1 aliphatic heterocycles. The molecule has 1 saturated heterocycles. The van der Waals surface area contributed by atoms with E-state index in [0.29, 0.717) is 12.0 Å². The number of amides is 2. The lowest BCUT2D eigenvalue weighted by atomic mass is 9.58. The number of rotatable bonds is 7. The molecule has 0 bridgehead atoms. The Balaban J connectivity index is 1.40. The molecule has 3 fully saturated rings. The number of hydrogen-bond donors (Lipinski definition) is 2. The topological polar surface area (TPSA) is 87.3 Å². The summed E-state index contributed by atoms with van der Waals surface area (Å²) < 4.78 is 4.73. The van der Waals surface area contributed by atoms with Crippen LogP contribution in [-0.4, -0.2) is 46.6 Å². The van der Waals surface area contributed by atoms with Gasteiger partial charge in [-0.05, 0) is 75.2 Å². The summed E-state index contributed by atoms with van der Waals surface area (Å²) >= 11 is 0. The van der Waals surface area contributed by atoms with Gasteiger partial charge in [-0.1, -0.05) is 39.2 Å². The average Bonchev–Trinajstić information content (AvgIpc) is 3.42. The first-order valence-electron chi connectivity index (χ1n) is 13.2. The average molecular weight is 471 g/mol. The fourth-order valence-electron chi connectivity index (χ4n) is 6.30. The molecule has 34 heavy (non-hydrogen) atoms. The molecule has 1 spiro atoms. The zero-order chi connectivity index (χ0) is 24.3. The van der Waals surface area contributed by atoms with Crippen molar-refractivity contribution in [3.8, 4) is 0 Å². The highest BCUT2D eigenvalue weighted by atomic mass is 16.5. The molecule has 1 aromatic rings. The van der Waals surface area contributed by atoms with Crippen LogP contribution in [0.15, 0.2) is 6.08 Å². The van der Waals surface area contributed by atoms with E-state index in [1.807, 2.05) is 18.7 Å². The minimum atomic E-state index is -0.613. The van der Waals surface area contributed by atoms with Crippen LogP contribution in [0.5, 0.6) is 0 Å². The van der Waals surface area contributed by atoms with Crippen molar-refractivity contribution < 1.29 is 14.3 Å². The van der Waals surface area contributed by atoms with Gasteiger partial charge in [0.05, 0.1) is 18.8 Å². The highest BCUT2D eigenvalue weighted by Crippen LogP contribution is 2.53. The molecular weight excluding hydrogens is 428 g/mol. The normalized spacial score (nSPS) is 25.0. The summed E-state index contributed by atoms with van der Waals surface area (Å²) in [7, 11) is 1.32. The molecule has 3 unspecified atom stereocenters. The summed E-state index contributed by atoms with van der Waals surface area (Å²) in [6, 6.07) is -0.705. The standard InChI is InChI=1S/C27H42N4O3/c1-18(2)23(30-26(33)34-4)25(32)31-16-7-12-22(31)24-28-19(3)21(29-24)11-5-9-20-10-6-13-27(17-20)14-8-15-27/h5,11,18,20,22-23H,6-10,12-17H2,1-4H3,(H,28,29)(H,30,33)/b11-5-. The highest BCUT2D eigenvalue weighted by Gasteiger charge is 2.40. The molecule has 2 saturated carbocycles. The molecule has 2 N–H and O–H groups in total. The number of carbonyl (C=O) groups is 2. The molecule has 2 heterocycles. The quantitative estimate of drug-likeness (QED) is 0.549. The number of likely N-dealkylation sites (tertiary alicyclic amines) is 1.